The average Bonchev–Trinajstić information content (AvgIpc) is 3.47. The van der Waals surface area contributed by atoms with Gasteiger partial charge in [-0.2, -0.15) is 16.4 Å². The highest BCUT2D eigenvalue weighted by Gasteiger charge is 2.32. The Hall–Kier alpha value is -3.23. The van der Waals surface area contributed by atoms with Crippen molar-refractivity contribution >= 4 is 34.0 Å². The number of H-pyrrole nitrogens is 1. The first-order valence-corrected chi connectivity index (χ1v) is 12.3. The molecule has 7 nitrogen and oxygen atoms in total. The number of carbonyl (C=O) groups excluding carboxylic acids is 1. The number of hydrogen-bond donors (Lipinski definition) is 2. The predicted octanol–water partition coefficient (Wildman–Crippen LogP) is 5.01. The van der Waals surface area contributed by atoms with Crippen LogP contribution in [0.3, 0.4) is 0 Å². The van der Waals surface area contributed by atoms with Crippen LogP contribution in [0.5, 0.6) is 0 Å². The number of urea groups is 1. The fraction of sp³-hybridized carbons (Fsp3) is 0.320. The number of hydrogen-bond acceptors (Lipinski definition) is 5. The molecule has 0 aliphatic carbocycles. The molecule has 0 unspecified atom stereocenters. The second-order valence-corrected chi connectivity index (χ2v) is 9.81. The lowest BCUT2D eigenvalue weighted by atomic mass is 9.99. The summed E-state index contributed by atoms with van der Waals surface area (Å²) in [6, 6.07) is 10.6. The number of aromatic nitrogens is 3. The van der Waals surface area contributed by atoms with Crippen molar-refractivity contribution in [2.75, 3.05) is 18.4 Å². The molecule has 1 fully saturated rings. The maximum absolute atomic E-state index is 13.0. The zero-order chi connectivity index (χ0) is 22.4. The van der Waals surface area contributed by atoms with Gasteiger partial charge in [-0.3, -0.25) is 15.0 Å². The Bertz CT molecular complexity index is 1310. The molecule has 2 N–H and O–H groups in total. The molecule has 2 amide bonds. The molecule has 5 heterocycles. The first-order valence-electron chi connectivity index (χ1n) is 11.4. The van der Waals surface area contributed by atoms with Gasteiger partial charge >= 0.3 is 6.03 Å². The lowest BCUT2D eigenvalue weighted by Crippen LogP contribution is -2.52. The van der Waals surface area contributed by atoms with Crippen molar-refractivity contribution in [1.82, 2.24) is 25.0 Å². The number of amides is 2. The van der Waals surface area contributed by atoms with E-state index in [1.807, 2.05) is 36.2 Å². The minimum Gasteiger partial charge on any atom is -0.316 e. The van der Waals surface area contributed by atoms with Crippen LogP contribution in [0.25, 0.3) is 22.2 Å². The van der Waals surface area contributed by atoms with Crippen molar-refractivity contribution < 1.29 is 4.79 Å². The molecule has 1 saturated heterocycles. The van der Waals surface area contributed by atoms with Gasteiger partial charge in [-0.1, -0.05) is 0 Å². The number of likely N-dealkylation sites (tertiary alicyclic amines) is 1. The van der Waals surface area contributed by atoms with E-state index in [9.17, 15) is 4.79 Å². The monoisotopic (exact) mass is 458 g/mol. The molecule has 0 radical (unpaired) electrons. The number of nitrogens with one attached hydrogen (secondary N) is 2. The smallest absolute Gasteiger partial charge is 0.316 e. The lowest BCUT2D eigenvalue weighted by molar-refractivity contribution is 0.108. The molecule has 8 heteroatoms. The number of nitrogens with zero attached hydrogens (tertiary/aromatic N) is 4. The highest BCUT2D eigenvalue weighted by Crippen LogP contribution is 2.34. The fourth-order valence-corrected chi connectivity index (χ4v) is 5.74. The van der Waals surface area contributed by atoms with Gasteiger partial charge in [0.1, 0.15) is 5.69 Å². The Kier molecular flexibility index (Phi) is 5.11. The summed E-state index contributed by atoms with van der Waals surface area (Å²) < 4.78 is 0. The van der Waals surface area contributed by atoms with Gasteiger partial charge < -0.3 is 10.2 Å². The van der Waals surface area contributed by atoms with Crippen LogP contribution in [-0.2, 0) is 13.1 Å². The molecule has 4 aromatic rings. The number of aryl methyl sites for hydroxylation is 1. The largest absolute Gasteiger partial charge is 0.322 e. The number of anilines is 1. The normalized spacial score (nSPS) is 19.0. The van der Waals surface area contributed by atoms with Gasteiger partial charge in [-0.25, -0.2) is 4.79 Å². The zero-order valence-corrected chi connectivity index (χ0v) is 19.4. The maximum atomic E-state index is 13.0. The Labute approximate surface area is 196 Å². The number of thiophene rings is 1. The number of fused-ring (bicyclic) bond motifs is 2. The SMILES string of the molecule is Cc1cc(-c2n[nH]c3cc4c(cc23)CN([C@@H]2CCCN(Cc3ccsc3)C2)C(=O)N4)ccn1. The molecule has 6 rings (SSSR count). The molecule has 168 valence electrons. The van der Waals surface area contributed by atoms with Crippen LogP contribution in [0.4, 0.5) is 10.5 Å². The van der Waals surface area contributed by atoms with Crippen molar-refractivity contribution in [2.45, 2.75) is 38.9 Å². The molecular formula is C25H26N6OS. The summed E-state index contributed by atoms with van der Waals surface area (Å²) in [4.78, 5) is 21.8. The minimum atomic E-state index is -0.00580. The molecule has 0 spiro atoms. The van der Waals surface area contributed by atoms with Crippen molar-refractivity contribution in [1.29, 1.82) is 0 Å². The number of carbonyl (C=O) groups is 1. The van der Waals surface area contributed by atoms with E-state index < -0.39 is 0 Å². The van der Waals surface area contributed by atoms with E-state index in [1.54, 1.807) is 11.3 Å². The summed E-state index contributed by atoms with van der Waals surface area (Å²) in [7, 11) is 0. The number of benzene rings is 1. The van der Waals surface area contributed by atoms with Crippen molar-refractivity contribution in [2.24, 2.45) is 0 Å². The third-order valence-corrected chi connectivity index (χ3v) is 7.44. The second kappa shape index (κ2) is 8.28. The number of piperidine rings is 1. The summed E-state index contributed by atoms with van der Waals surface area (Å²) >= 11 is 1.74. The van der Waals surface area contributed by atoms with Crippen molar-refractivity contribution in [3.63, 3.8) is 0 Å². The summed E-state index contributed by atoms with van der Waals surface area (Å²) in [6.45, 7) is 5.56. The predicted molar refractivity (Wildman–Crippen MR) is 131 cm³/mol. The van der Waals surface area contributed by atoms with E-state index in [4.69, 9.17) is 0 Å². The average molecular weight is 459 g/mol. The van der Waals surface area contributed by atoms with Crippen LogP contribution in [0.1, 0.15) is 29.7 Å². The van der Waals surface area contributed by atoms with Gasteiger partial charge in [-0.15, -0.1) is 0 Å². The van der Waals surface area contributed by atoms with Crippen LogP contribution >= 0.6 is 11.3 Å². The standard InChI is InChI=1S/C25H26N6OS/c1-16-9-18(4-6-26-16)24-21-10-19-13-31(25(32)27-22(19)11-23(21)28-29-24)20-3-2-7-30(14-20)12-17-5-8-33-15-17/h4-6,8-11,15,20H,2-3,7,12-14H2,1H3,(H,27,32)(H,28,29)/t20-/m1/s1. The first kappa shape index (κ1) is 20.4. The Balaban J connectivity index is 1.27. The molecule has 33 heavy (non-hydrogen) atoms. The van der Waals surface area contributed by atoms with Gasteiger partial charge in [0.2, 0.25) is 0 Å². The third kappa shape index (κ3) is 3.89. The van der Waals surface area contributed by atoms with Crippen molar-refractivity contribution in [3.8, 4) is 11.3 Å². The quantitative estimate of drug-likeness (QED) is 0.451. The van der Waals surface area contributed by atoms with Gasteiger partial charge in [0, 0.05) is 54.2 Å². The molecule has 2 aliphatic rings. The molecule has 0 bridgehead atoms. The number of rotatable bonds is 4. The molecule has 1 aromatic carbocycles. The van der Waals surface area contributed by atoms with Crippen LogP contribution in [0, 0.1) is 6.92 Å². The summed E-state index contributed by atoms with van der Waals surface area (Å²) in [5, 5.41) is 16.2. The van der Waals surface area contributed by atoms with Crippen LogP contribution < -0.4 is 5.32 Å². The van der Waals surface area contributed by atoms with Gasteiger partial charge in [0.25, 0.3) is 0 Å². The fourth-order valence-electron chi connectivity index (χ4n) is 5.08. The molecule has 1 atom stereocenters. The van der Waals surface area contributed by atoms with Gasteiger partial charge in [-0.05, 0) is 78.5 Å². The molecule has 2 aliphatic heterocycles. The Morgan fingerprint density at radius 3 is 3.03 bits per heavy atom. The maximum Gasteiger partial charge on any atom is 0.322 e. The minimum absolute atomic E-state index is 0.00580. The highest BCUT2D eigenvalue weighted by atomic mass is 32.1. The lowest BCUT2D eigenvalue weighted by Gasteiger charge is -2.41. The van der Waals surface area contributed by atoms with Crippen molar-refractivity contribution in [3.05, 3.63) is 64.1 Å². The summed E-state index contributed by atoms with van der Waals surface area (Å²) in [5.74, 6) is 0. The van der Waals surface area contributed by atoms with Gasteiger partial charge in [0.15, 0.2) is 0 Å². The summed E-state index contributed by atoms with van der Waals surface area (Å²) in [5.41, 5.74) is 7.20. The topological polar surface area (TPSA) is 77.2 Å². The Morgan fingerprint density at radius 1 is 1.24 bits per heavy atom. The Morgan fingerprint density at radius 2 is 2.18 bits per heavy atom. The number of aromatic amines is 1. The molecule has 0 saturated carbocycles. The van der Waals surface area contributed by atoms with Crippen LogP contribution in [0.15, 0.2) is 47.3 Å². The highest BCUT2D eigenvalue weighted by molar-refractivity contribution is 7.07. The second-order valence-electron chi connectivity index (χ2n) is 9.03. The van der Waals surface area contributed by atoms with Crippen LogP contribution in [-0.4, -0.2) is 50.1 Å². The molecular weight excluding hydrogens is 432 g/mol. The van der Waals surface area contributed by atoms with Gasteiger partial charge in [0.05, 0.1) is 5.52 Å². The van der Waals surface area contributed by atoms with E-state index in [0.717, 1.165) is 71.6 Å². The third-order valence-electron chi connectivity index (χ3n) is 6.71. The zero-order valence-electron chi connectivity index (χ0n) is 18.5. The molecule has 3 aromatic heterocycles. The summed E-state index contributed by atoms with van der Waals surface area (Å²) in [6.07, 6.45) is 3.96. The van der Waals surface area contributed by atoms with E-state index >= 15 is 0 Å². The first-order chi connectivity index (χ1) is 16.1. The van der Waals surface area contributed by atoms with E-state index in [1.165, 1.54) is 5.56 Å². The van der Waals surface area contributed by atoms with E-state index in [0.29, 0.717) is 6.54 Å². The van der Waals surface area contributed by atoms with E-state index in [2.05, 4.69) is 48.3 Å². The number of pyridine rings is 1. The van der Waals surface area contributed by atoms with Crippen LogP contribution in [0.2, 0.25) is 0 Å². The van der Waals surface area contributed by atoms with E-state index in [-0.39, 0.29) is 12.1 Å².